The summed E-state index contributed by atoms with van der Waals surface area (Å²) in [6.07, 6.45) is 5.85. The number of rotatable bonds is 8. The second kappa shape index (κ2) is 12.6. The predicted molar refractivity (Wildman–Crippen MR) is 126 cm³/mol. The summed E-state index contributed by atoms with van der Waals surface area (Å²) in [7, 11) is -4.23. The van der Waals surface area contributed by atoms with Crippen molar-refractivity contribution in [2.24, 2.45) is 0 Å². The van der Waals surface area contributed by atoms with Gasteiger partial charge in [-0.1, -0.05) is 36.4 Å². The second-order valence-corrected chi connectivity index (χ2v) is 8.73. The Morgan fingerprint density at radius 1 is 1.09 bits per heavy atom. The minimum atomic E-state index is -4.23. The van der Waals surface area contributed by atoms with Crippen LogP contribution in [-0.2, 0) is 10.1 Å². The molecule has 168 valence electrons. The van der Waals surface area contributed by atoms with Crippen molar-refractivity contribution in [1.82, 2.24) is 0 Å². The number of anilines is 1. The van der Waals surface area contributed by atoms with E-state index < -0.39 is 15.9 Å². The summed E-state index contributed by atoms with van der Waals surface area (Å²) in [6, 6.07) is 18.9. The molecular weight excluding hydrogens is 461 g/mol. The van der Waals surface area contributed by atoms with Gasteiger partial charge in [-0.3, -0.25) is 0 Å². The van der Waals surface area contributed by atoms with Crippen LogP contribution < -0.4 is 39.2 Å². The Morgan fingerprint density at radius 3 is 2.38 bits per heavy atom. The topological polar surface area (TPSA) is 117 Å². The summed E-state index contributed by atoms with van der Waals surface area (Å²) >= 11 is 0. The predicted octanol–water partition coefficient (Wildman–Crippen LogP) is 1.24. The zero-order valence-electron chi connectivity index (χ0n) is 19.1. The first-order valence-corrected chi connectivity index (χ1v) is 11.9. The van der Waals surface area contributed by atoms with Gasteiger partial charge in [-0.05, 0) is 49.3 Å². The van der Waals surface area contributed by atoms with Crippen LogP contribution in [0, 0.1) is 22.7 Å². The van der Waals surface area contributed by atoms with E-state index in [1.807, 2.05) is 73.7 Å². The number of likely N-dealkylation sites (N-methyl/N-ethyl adjacent to an activating group) is 1. The molecule has 0 radical (unpaired) electrons. The number of hydrogen-bond acceptors (Lipinski definition) is 7. The molecule has 1 heterocycles. The minimum Gasteiger partial charge on any atom is -0.748 e. The molecule has 9 heteroatoms. The summed E-state index contributed by atoms with van der Waals surface area (Å²) < 4.78 is 37.4. The van der Waals surface area contributed by atoms with Gasteiger partial charge in [-0.2, -0.15) is 10.5 Å². The zero-order chi connectivity index (χ0) is 23.8. The Hall–Kier alpha value is -2.85. The Bertz CT molecular complexity index is 1280. The van der Waals surface area contributed by atoms with E-state index in [0.29, 0.717) is 17.9 Å². The van der Waals surface area contributed by atoms with Gasteiger partial charge in [0, 0.05) is 34.8 Å². The van der Waals surface area contributed by atoms with Crippen LogP contribution >= 0.6 is 0 Å². The van der Waals surface area contributed by atoms with Crippen molar-refractivity contribution in [3.05, 3.63) is 83.1 Å². The molecule has 2 aromatic rings. The van der Waals surface area contributed by atoms with Crippen molar-refractivity contribution < 1.29 is 47.3 Å². The van der Waals surface area contributed by atoms with Crippen LogP contribution in [0.2, 0.25) is 0 Å². The Balaban J connectivity index is 0.00000408. The Labute approximate surface area is 222 Å². The number of fused-ring (bicyclic) bond motifs is 1. The van der Waals surface area contributed by atoms with Crippen molar-refractivity contribution in [2.45, 2.75) is 13.3 Å². The van der Waals surface area contributed by atoms with Crippen LogP contribution in [0.15, 0.2) is 72.0 Å². The number of nitrogens with zero attached hydrogens (tertiary/aromatic N) is 3. The molecule has 0 unspecified atom stereocenters. The van der Waals surface area contributed by atoms with Crippen LogP contribution in [-0.4, -0.2) is 31.9 Å². The van der Waals surface area contributed by atoms with Crippen molar-refractivity contribution in [3.8, 4) is 17.9 Å². The molecule has 0 saturated carbocycles. The maximum absolute atomic E-state index is 10.6. The monoisotopic (exact) mass is 483 g/mol. The first-order chi connectivity index (χ1) is 15.9. The summed E-state index contributed by atoms with van der Waals surface area (Å²) in [5, 5.41) is 18.8. The number of nitriles is 2. The minimum absolute atomic E-state index is 0. The van der Waals surface area contributed by atoms with Gasteiger partial charge in [0.05, 0.1) is 16.7 Å². The van der Waals surface area contributed by atoms with E-state index in [1.54, 1.807) is 12.1 Å². The van der Waals surface area contributed by atoms with Crippen molar-refractivity contribution in [3.63, 3.8) is 0 Å². The van der Waals surface area contributed by atoms with Crippen LogP contribution in [0.3, 0.4) is 0 Å². The average Bonchev–Trinajstić information content (AvgIpc) is 2.81. The van der Waals surface area contributed by atoms with E-state index in [4.69, 9.17) is 4.74 Å². The van der Waals surface area contributed by atoms with Gasteiger partial charge < -0.3 is 14.2 Å². The molecule has 0 fully saturated rings. The van der Waals surface area contributed by atoms with E-state index in [2.05, 4.69) is 4.90 Å². The third-order valence-corrected chi connectivity index (χ3v) is 5.82. The van der Waals surface area contributed by atoms with E-state index in [0.717, 1.165) is 22.5 Å². The summed E-state index contributed by atoms with van der Waals surface area (Å²) in [4.78, 5) is 2.11. The molecule has 0 amide bonds. The number of allylic oxidation sites excluding steroid dienone is 4. The fourth-order valence-electron chi connectivity index (χ4n) is 3.51. The van der Waals surface area contributed by atoms with E-state index in [-0.39, 0.29) is 48.2 Å². The van der Waals surface area contributed by atoms with Gasteiger partial charge in [0.15, 0.2) is 0 Å². The third kappa shape index (κ3) is 7.07. The molecule has 34 heavy (non-hydrogen) atoms. The van der Waals surface area contributed by atoms with Gasteiger partial charge >= 0.3 is 29.6 Å². The number of benzene rings is 2. The number of para-hydroxylation sites is 1. The molecule has 0 aliphatic carbocycles. The van der Waals surface area contributed by atoms with Crippen molar-refractivity contribution in [1.29, 1.82) is 10.5 Å². The molecule has 1 aliphatic rings. The maximum Gasteiger partial charge on any atom is 1.00 e. The van der Waals surface area contributed by atoms with E-state index in [1.165, 1.54) is 0 Å². The largest absolute Gasteiger partial charge is 1.00 e. The van der Waals surface area contributed by atoms with Crippen LogP contribution in [0.5, 0.6) is 5.75 Å². The maximum atomic E-state index is 10.6. The second-order valence-electron chi connectivity index (χ2n) is 7.21. The third-order valence-electron chi connectivity index (χ3n) is 5.03. The van der Waals surface area contributed by atoms with Gasteiger partial charge in [0.25, 0.3) is 0 Å². The molecule has 0 saturated heterocycles. The van der Waals surface area contributed by atoms with Gasteiger partial charge in [0.1, 0.15) is 23.5 Å². The molecule has 0 atom stereocenters. The van der Waals surface area contributed by atoms with Gasteiger partial charge in [0.2, 0.25) is 0 Å². The smallest absolute Gasteiger partial charge is 0.748 e. The first kappa shape index (κ1) is 27.4. The fraction of sp³-hybridized carbons (Fsp3) is 0.200. The molecule has 0 aromatic heterocycles. The molecule has 0 spiro atoms. The van der Waals surface area contributed by atoms with Crippen molar-refractivity contribution in [2.75, 3.05) is 23.8 Å². The first-order valence-electron chi connectivity index (χ1n) is 10.3. The quantitative estimate of drug-likeness (QED) is 0.240. The summed E-state index contributed by atoms with van der Waals surface area (Å²) in [5.41, 5.74) is 4.21. The van der Waals surface area contributed by atoms with Crippen LogP contribution in [0.25, 0.3) is 11.6 Å². The zero-order valence-corrected chi connectivity index (χ0v) is 21.9. The standard InChI is InChI=1S/C25H23N3O4S.Na/c1-2-28-21(16-24(20(17-26)18-27)23-6-3-4-7-25(23)28)11-8-19-9-12-22(13-10-19)32-14-5-15-33(29,30)31;/h3-4,6-13,16H,2,5,14-15H2,1H3,(H,29,30,31);/q;+1/p-1/b11-8+;. The SMILES string of the molecule is CCN1C(/C=C/c2ccc(OCCCS(=O)(=O)[O-])cc2)=CC(=C(C#N)C#N)c2ccccc21.[Na+]. The molecule has 2 aromatic carbocycles. The molecule has 0 N–H and O–H groups in total. The fourth-order valence-corrected chi connectivity index (χ4v) is 3.98. The van der Waals surface area contributed by atoms with E-state index in [9.17, 15) is 23.5 Å². The van der Waals surface area contributed by atoms with Gasteiger partial charge in [-0.15, -0.1) is 0 Å². The molecule has 0 bridgehead atoms. The number of ether oxygens (including phenoxy) is 1. The molecular formula is C25H22N3NaO4S. The summed E-state index contributed by atoms with van der Waals surface area (Å²) in [5.74, 6) is 0.129. The van der Waals surface area contributed by atoms with Crippen LogP contribution in [0.1, 0.15) is 24.5 Å². The Morgan fingerprint density at radius 2 is 1.76 bits per heavy atom. The number of hydrogen-bond donors (Lipinski definition) is 0. The normalized spacial score (nSPS) is 12.8. The van der Waals surface area contributed by atoms with Crippen LogP contribution in [0.4, 0.5) is 5.69 Å². The molecule has 3 rings (SSSR count). The van der Waals surface area contributed by atoms with Crippen molar-refractivity contribution >= 4 is 27.5 Å². The van der Waals surface area contributed by atoms with Gasteiger partial charge in [-0.25, -0.2) is 8.42 Å². The summed E-state index contributed by atoms with van der Waals surface area (Å²) in [6.45, 7) is 2.89. The average molecular weight is 484 g/mol. The Kier molecular flexibility index (Phi) is 10.1. The molecule has 1 aliphatic heterocycles. The van der Waals surface area contributed by atoms with E-state index >= 15 is 0 Å². The molecule has 7 nitrogen and oxygen atoms in total.